The largest absolute Gasteiger partial charge is 0.573 e. The Labute approximate surface area is 89.2 Å². The molecule has 0 aliphatic rings. The van der Waals surface area contributed by atoms with Crippen molar-refractivity contribution in [3.05, 3.63) is 18.0 Å². The molecule has 0 aliphatic carbocycles. The van der Waals surface area contributed by atoms with Gasteiger partial charge in [-0.15, -0.1) is 13.2 Å². The van der Waals surface area contributed by atoms with Gasteiger partial charge in [-0.25, -0.2) is 0 Å². The molecule has 7 heteroatoms. The third-order valence-corrected chi connectivity index (χ3v) is 1.64. The number of halogens is 3. The summed E-state index contributed by atoms with van der Waals surface area (Å²) in [6.07, 6.45) is -2.86. The van der Waals surface area contributed by atoms with Crippen LogP contribution in [0.1, 0.15) is 5.56 Å². The van der Waals surface area contributed by atoms with Crippen LogP contribution in [-0.2, 0) is 6.42 Å². The Balaban J connectivity index is 3.15. The molecule has 0 saturated heterocycles. The molecule has 0 unspecified atom stereocenters. The topological polar surface area (TPSA) is 55.1 Å². The lowest BCUT2D eigenvalue weighted by Crippen LogP contribution is -2.18. The normalized spacial score (nSPS) is 10.7. The summed E-state index contributed by atoms with van der Waals surface area (Å²) in [7, 11) is 1.19. The number of nitriles is 1. The fraction of sp³-hybridized carbons (Fsp3) is 0.333. The van der Waals surface area contributed by atoms with Gasteiger partial charge in [0.05, 0.1) is 25.8 Å². The van der Waals surface area contributed by atoms with E-state index in [1.807, 2.05) is 0 Å². The summed E-state index contributed by atoms with van der Waals surface area (Å²) in [4.78, 5) is 3.64. The van der Waals surface area contributed by atoms with Crippen LogP contribution in [0.2, 0.25) is 0 Å². The van der Waals surface area contributed by atoms with E-state index in [4.69, 9.17) is 5.26 Å². The Hall–Kier alpha value is -1.97. The number of rotatable bonds is 3. The first-order valence-corrected chi connectivity index (χ1v) is 4.11. The maximum atomic E-state index is 12.1. The van der Waals surface area contributed by atoms with Gasteiger partial charge in [-0.05, 0) is 0 Å². The third-order valence-electron chi connectivity index (χ3n) is 1.64. The number of alkyl halides is 3. The SMILES string of the molecule is COc1cncc(CC#N)c1OC(F)(F)F. The molecule has 0 atom stereocenters. The minimum atomic E-state index is -4.83. The van der Waals surface area contributed by atoms with Crippen LogP contribution in [0.3, 0.4) is 0 Å². The van der Waals surface area contributed by atoms with Crippen molar-refractivity contribution in [2.24, 2.45) is 0 Å². The maximum Gasteiger partial charge on any atom is 0.573 e. The van der Waals surface area contributed by atoms with Gasteiger partial charge in [0.15, 0.2) is 11.5 Å². The molecule has 1 heterocycles. The Morgan fingerprint density at radius 3 is 2.62 bits per heavy atom. The first-order valence-electron chi connectivity index (χ1n) is 4.11. The van der Waals surface area contributed by atoms with Gasteiger partial charge in [0.1, 0.15) is 0 Å². The van der Waals surface area contributed by atoms with E-state index < -0.39 is 12.1 Å². The second kappa shape index (κ2) is 4.70. The van der Waals surface area contributed by atoms with Crippen LogP contribution < -0.4 is 9.47 Å². The predicted octanol–water partition coefficient (Wildman–Crippen LogP) is 2.05. The summed E-state index contributed by atoms with van der Waals surface area (Å²) in [5.41, 5.74) is 0.0270. The van der Waals surface area contributed by atoms with E-state index >= 15 is 0 Å². The van der Waals surface area contributed by atoms with Crippen molar-refractivity contribution in [3.8, 4) is 17.6 Å². The molecule has 0 radical (unpaired) electrons. The average molecular weight is 232 g/mol. The highest BCUT2D eigenvalue weighted by Gasteiger charge is 2.33. The molecule has 16 heavy (non-hydrogen) atoms. The number of nitrogens with zero attached hydrogens (tertiary/aromatic N) is 2. The predicted molar refractivity (Wildman–Crippen MR) is 46.8 cm³/mol. The van der Waals surface area contributed by atoms with Gasteiger partial charge < -0.3 is 9.47 Å². The Kier molecular flexibility index (Phi) is 3.55. The number of methoxy groups -OCH3 is 1. The molecule has 0 amide bonds. The molecule has 0 aromatic carbocycles. The van der Waals surface area contributed by atoms with Gasteiger partial charge >= 0.3 is 6.36 Å². The lowest BCUT2D eigenvalue weighted by atomic mass is 10.2. The molecule has 0 bridgehead atoms. The smallest absolute Gasteiger partial charge is 0.491 e. The van der Waals surface area contributed by atoms with Gasteiger partial charge in [0, 0.05) is 11.8 Å². The van der Waals surface area contributed by atoms with Gasteiger partial charge in [-0.2, -0.15) is 5.26 Å². The van der Waals surface area contributed by atoms with Crippen molar-refractivity contribution in [2.75, 3.05) is 7.11 Å². The van der Waals surface area contributed by atoms with Crippen molar-refractivity contribution in [1.82, 2.24) is 4.98 Å². The van der Waals surface area contributed by atoms with Crippen LogP contribution in [0.25, 0.3) is 0 Å². The lowest BCUT2D eigenvalue weighted by molar-refractivity contribution is -0.275. The summed E-state index contributed by atoms with van der Waals surface area (Å²) >= 11 is 0. The molecular weight excluding hydrogens is 225 g/mol. The monoisotopic (exact) mass is 232 g/mol. The van der Waals surface area contributed by atoms with Crippen LogP contribution in [0, 0.1) is 11.3 Å². The Bertz CT molecular complexity index is 412. The number of aromatic nitrogens is 1. The van der Waals surface area contributed by atoms with Crippen LogP contribution in [0.15, 0.2) is 12.4 Å². The number of hydrogen-bond acceptors (Lipinski definition) is 4. The highest BCUT2D eigenvalue weighted by molar-refractivity contribution is 5.45. The lowest BCUT2D eigenvalue weighted by Gasteiger charge is -2.14. The number of ether oxygens (including phenoxy) is 2. The Morgan fingerprint density at radius 1 is 1.44 bits per heavy atom. The molecule has 1 aromatic heterocycles. The van der Waals surface area contributed by atoms with E-state index in [9.17, 15) is 13.2 Å². The van der Waals surface area contributed by atoms with E-state index in [0.717, 1.165) is 12.4 Å². The summed E-state index contributed by atoms with van der Waals surface area (Å²) in [6.45, 7) is 0. The highest BCUT2D eigenvalue weighted by Crippen LogP contribution is 2.34. The first kappa shape index (κ1) is 12.1. The van der Waals surface area contributed by atoms with E-state index in [1.54, 1.807) is 6.07 Å². The molecule has 0 saturated carbocycles. The molecule has 1 rings (SSSR count). The fourth-order valence-corrected chi connectivity index (χ4v) is 1.06. The summed E-state index contributed by atoms with van der Waals surface area (Å²) in [5.74, 6) is -0.684. The molecule has 0 spiro atoms. The molecule has 0 fully saturated rings. The van der Waals surface area contributed by atoms with Gasteiger partial charge in [0.2, 0.25) is 0 Å². The van der Waals surface area contributed by atoms with Crippen molar-refractivity contribution >= 4 is 0 Å². The van der Waals surface area contributed by atoms with Crippen LogP contribution in [0.5, 0.6) is 11.5 Å². The van der Waals surface area contributed by atoms with Crippen molar-refractivity contribution < 1.29 is 22.6 Å². The molecule has 0 N–H and O–H groups in total. The molecular formula is C9H7F3N2O2. The third kappa shape index (κ3) is 3.02. The zero-order chi connectivity index (χ0) is 12.2. The van der Waals surface area contributed by atoms with Gasteiger partial charge in [-0.3, -0.25) is 4.98 Å². The zero-order valence-corrected chi connectivity index (χ0v) is 8.21. The van der Waals surface area contributed by atoms with Gasteiger partial charge in [0.25, 0.3) is 0 Å². The van der Waals surface area contributed by atoms with Crippen molar-refractivity contribution in [3.63, 3.8) is 0 Å². The van der Waals surface area contributed by atoms with E-state index in [2.05, 4.69) is 14.5 Å². The Morgan fingerprint density at radius 2 is 2.12 bits per heavy atom. The maximum absolute atomic E-state index is 12.1. The highest BCUT2D eigenvalue weighted by atomic mass is 19.4. The van der Waals surface area contributed by atoms with Crippen LogP contribution >= 0.6 is 0 Å². The van der Waals surface area contributed by atoms with Crippen LogP contribution in [0.4, 0.5) is 13.2 Å². The quantitative estimate of drug-likeness (QED) is 0.800. The molecule has 4 nitrogen and oxygen atoms in total. The average Bonchev–Trinajstić information content (AvgIpc) is 2.19. The van der Waals surface area contributed by atoms with E-state index in [1.165, 1.54) is 7.11 Å². The molecule has 0 aliphatic heterocycles. The van der Waals surface area contributed by atoms with E-state index in [-0.39, 0.29) is 17.7 Å². The summed E-state index contributed by atoms with van der Waals surface area (Å²) in [5, 5.41) is 8.45. The first-order chi connectivity index (χ1) is 7.48. The standard InChI is InChI=1S/C9H7F3N2O2/c1-15-7-5-14-4-6(2-3-13)8(7)16-9(10,11)12/h4-5H,2H2,1H3. The summed E-state index contributed by atoms with van der Waals surface area (Å²) < 4.78 is 44.8. The van der Waals surface area contributed by atoms with Crippen LogP contribution in [-0.4, -0.2) is 18.5 Å². The number of pyridine rings is 1. The molecule has 1 aromatic rings. The fourth-order valence-electron chi connectivity index (χ4n) is 1.06. The minimum Gasteiger partial charge on any atom is -0.491 e. The summed E-state index contributed by atoms with van der Waals surface area (Å²) in [6, 6.07) is 1.72. The molecule has 86 valence electrons. The van der Waals surface area contributed by atoms with Crippen molar-refractivity contribution in [2.45, 2.75) is 12.8 Å². The number of hydrogen-bond donors (Lipinski definition) is 0. The van der Waals surface area contributed by atoms with Gasteiger partial charge in [-0.1, -0.05) is 0 Å². The minimum absolute atomic E-state index is 0.0270. The second-order valence-electron chi connectivity index (χ2n) is 2.71. The van der Waals surface area contributed by atoms with E-state index in [0.29, 0.717) is 0 Å². The van der Waals surface area contributed by atoms with Crippen molar-refractivity contribution in [1.29, 1.82) is 5.26 Å². The zero-order valence-electron chi connectivity index (χ0n) is 8.21. The second-order valence-corrected chi connectivity index (χ2v) is 2.71.